The summed E-state index contributed by atoms with van der Waals surface area (Å²) in [6.07, 6.45) is 1.46. The fraction of sp³-hybridized carbons (Fsp3) is 0. The summed E-state index contributed by atoms with van der Waals surface area (Å²) in [6, 6.07) is 7.03. The molecule has 1 heterocycles. The van der Waals surface area contributed by atoms with Crippen LogP contribution in [0.3, 0.4) is 0 Å². The maximum Gasteiger partial charge on any atom is 0.289 e. The number of hydrogen-bond donors (Lipinski definition) is 2. The van der Waals surface area contributed by atoms with Crippen LogP contribution in [0.25, 0.3) is 0 Å². The SMILES string of the molecule is Nc1ncccc1C(=O)Nc1ccc(Cl)c([N+](=O)[O-])c1. The van der Waals surface area contributed by atoms with Crippen LogP contribution in [0.4, 0.5) is 17.2 Å². The first-order valence-electron chi connectivity index (χ1n) is 5.45. The van der Waals surface area contributed by atoms with E-state index in [9.17, 15) is 14.9 Å². The lowest BCUT2D eigenvalue weighted by Crippen LogP contribution is -2.14. The topological polar surface area (TPSA) is 111 Å². The lowest BCUT2D eigenvalue weighted by Gasteiger charge is -2.07. The van der Waals surface area contributed by atoms with E-state index in [1.54, 1.807) is 6.07 Å². The molecule has 20 heavy (non-hydrogen) atoms. The summed E-state index contributed by atoms with van der Waals surface area (Å²) in [5.41, 5.74) is 5.72. The van der Waals surface area contributed by atoms with Crippen LogP contribution < -0.4 is 11.1 Å². The average Bonchev–Trinajstić information content (AvgIpc) is 2.41. The number of nitro benzene ring substituents is 1. The number of benzene rings is 1. The fourth-order valence-electron chi connectivity index (χ4n) is 1.54. The zero-order valence-corrected chi connectivity index (χ0v) is 10.8. The Morgan fingerprint density at radius 1 is 1.40 bits per heavy atom. The van der Waals surface area contributed by atoms with Crippen molar-refractivity contribution < 1.29 is 9.72 Å². The molecule has 0 spiro atoms. The second-order valence-corrected chi connectivity index (χ2v) is 4.22. The van der Waals surface area contributed by atoms with E-state index in [2.05, 4.69) is 10.3 Å². The Morgan fingerprint density at radius 2 is 2.15 bits per heavy atom. The predicted molar refractivity (Wildman–Crippen MR) is 74.7 cm³/mol. The number of pyridine rings is 1. The van der Waals surface area contributed by atoms with Gasteiger partial charge in [-0.15, -0.1) is 0 Å². The molecule has 0 bridgehead atoms. The van der Waals surface area contributed by atoms with E-state index in [4.69, 9.17) is 17.3 Å². The van der Waals surface area contributed by atoms with Crippen molar-refractivity contribution in [3.05, 3.63) is 57.2 Å². The number of anilines is 2. The van der Waals surface area contributed by atoms with E-state index in [0.717, 1.165) is 0 Å². The van der Waals surface area contributed by atoms with Crippen LogP contribution in [0, 0.1) is 10.1 Å². The van der Waals surface area contributed by atoms with Gasteiger partial charge in [0, 0.05) is 18.0 Å². The number of halogens is 1. The molecule has 1 aromatic carbocycles. The smallest absolute Gasteiger partial charge is 0.289 e. The van der Waals surface area contributed by atoms with Gasteiger partial charge >= 0.3 is 0 Å². The fourth-order valence-corrected chi connectivity index (χ4v) is 1.72. The van der Waals surface area contributed by atoms with Crippen LogP contribution in [0.1, 0.15) is 10.4 Å². The highest BCUT2D eigenvalue weighted by molar-refractivity contribution is 6.32. The number of amides is 1. The van der Waals surface area contributed by atoms with Gasteiger partial charge in [-0.25, -0.2) is 4.98 Å². The van der Waals surface area contributed by atoms with Gasteiger partial charge in [-0.1, -0.05) is 11.6 Å². The molecule has 7 nitrogen and oxygen atoms in total. The van der Waals surface area contributed by atoms with Crippen molar-refractivity contribution >= 4 is 34.7 Å². The number of carbonyl (C=O) groups excluding carboxylic acids is 1. The summed E-state index contributed by atoms with van der Waals surface area (Å²) in [6.45, 7) is 0. The zero-order valence-electron chi connectivity index (χ0n) is 10.0. The molecular weight excluding hydrogens is 284 g/mol. The number of rotatable bonds is 3. The minimum Gasteiger partial charge on any atom is -0.383 e. The predicted octanol–water partition coefficient (Wildman–Crippen LogP) is 2.48. The molecule has 1 amide bonds. The van der Waals surface area contributed by atoms with Gasteiger partial charge in [-0.05, 0) is 24.3 Å². The molecule has 0 aliphatic carbocycles. The molecular formula is C12H9ClN4O3. The lowest BCUT2D eigenvalue weighted by atomic mass is 10.2. The number of nitrogens with one attached hydrogen (secondary N) is 1. The van der Waals surface area contributed by atoms with E-state index in [0.29, 0.717) is 0 Å². The highest BCUT2D eigenvalue weighted by Gasteiger charge is 2.15. The van der Waals surface area contributed by atoms with Gasteiger partial charge in [0.1, 0.15) is 10.8 Å². The monoisotopic (exact) mass is 292 g/mol. The van der Waals surface area contributed by atoms with Crippen LogP contribution in [0.15, 0.2) is 36.5 Å². The van der Waals surface area contributed by atoms with Crippen molar-refractivity contribution in [1.29, 1.82) is 0 Å². The summed E-state index contributed by atoms with van der Waals surface area (Å²) in [7, 11) is 0. The third-order valence-corrected chi connectivity index (χ3v) is 2.80. The van der Waals surface area contributed by atoms with Crippen molar-refractivity contribution in [2.75, 3.05) is 11.1 Å². The minimum absolute atomic E-state index is 0.00566. The van der Waals surface area contributed by atoms with E-state index < -0.39 is 10.8 Å². The van der Waals surface area contributed by atoms with Gasteiger partial charge in [-0.2, -0.15) is 0 Å². The third-order valence-electron chi connectivity index (χ3n) is 2.48. The lowest BCUT2D eigenvalue weighted by molar-refractivity contribution is -0.384. The molecule has 0 aliphatic rings. The van der Waals surface area contributed by atoms with Gasteiger partial charge in [0.25, 0.3) is 11.6 Å². The molecule has 0 aliphatic heterocycles. The van der Waals surface area contributed by atoms with E-state index in [1.165, 1.54) is 30.5 Å². The van der Waals surface area contributed by atoms with E-state index in [-0.39, 0.29) is 27.8 Å². The summed E-state index contributed by atoms with van der Waals surface area (Å²) in [4.78, 5) is 25.9. The number of aromatic nitrogens is 1. The normalized spacial score (nSPS) is 10.1. The number of carbonyl (C=O) groups is 1. The van der Waals surface area contributed by atoms with Crippen LogP contribution >= 0.6 is 11.6 Å². The maximum absolute atomic E-state index is 12.0. The van der Waals surface area contributed by atoms with Crippen molar-refractivity contribution in [1.82, 2.24) is 4.98 Å². The first-order chi connectivity index (χ1) is 9.49. The number of nitrogen functional groups attached to an aromatic ring is 1. The second-order valence-electron chi connectivity index (χ2n) is 3.81. The minimum atomic E-state index is -0.629. The molecule has 102 valence electrons. The van der Waals surface area contributed by atoms with Crippen LogP contribution in [0.5, 0.6) is 0 Å². The number of nitrogens with two attached hydrogens (primary N) is 1. The quantitative estimate of drug-likeness (QED) is 0.667. The average molecular weight is 293 g/mol. The van der Waals surface area contributed by atoms with Gasteiger partial charge in [-0.3, -0.25) is 14.9 Å². The molecule has 0 unspecified atom stereocenters. The molecule has 0 atom stereocenters. The number of nitro groups is 1. The Labute approximate surface area is 118 Å². The molecule has 0 fully saturated rings. The van der Waals surface area contributed by atoms with Gasteiger partial charge in [0.05, 0.1) is 10.5 Å². The molecule has 0 radical (unpaired) electrons. The van der Waals surface area contributed by atoms with Crippen molar-refractivity contribution in [2.24, 2.45) is 0 Å². The molecule has 8 heteroatoms. The molecule has 3 N–H and O–H groups in total. The Balaban J connectivity index is 2.27. The Morgan fingerprint density at radius 3 is 2.80 bits per heavy atom. The zero-order chi connectivity index (χ0) is 14.7. The highest BCUT2D eigenvalue weighted by Crippen LogP contribution is 2.27. The van der Waals surface area contributed by atoms with Crippen LogP contribution in [0.2, 0.25) is 5.02 Å². The van der Waals surface area contributed by atoms with E-state index in [1.807, 2.05) is 0 Å². The third kappa shape index (κ3) is 2.83. The van der Waals surface area contributed by atoms with Crippen molar-refractivity contribution in [3.8, 4) is 0 Å². The summed E-state index contributed by atoms with van der Waals surface area (Å²) < 4.78 is 0. The molecule has 2 aromatic rings. The van der Waals surface area contributed by atoms with Crippen molar-refractivity contribution in [3.63, 3.8) is 0 Å². The molecule has 1 aromatic heterocycles. The van der Waals surface area contributed by atoms with Crippen LogP contribution in [-0.4, -0.2) is 15.8 Å². The Bertz CT molecular complexity index is 690. The summed E-state index contributed by atoms with van der Waals surface area (Å²) >= 11 is 5.69. The maximum atomic E-state index is 12.0. The first kappa shape index (κ1) is 13.8. The Kier molecular flexibility index (Phi) is 3.81. The molecule has 0 saturated carbocycles. The summed E-state index contributed by atoms with van der Waals surface area (Å²) in [5, 5.41) is 13.3. The van der Waals surface area contributed by atoms with E-state index >= 15 is 0 Å². The molecule has 0 saturated heterocycles. The van der Waals surface area contributed by atoms with Crippen molar-refractivity contribution in [2.45, 2.75) is 0 Å². The van der Waals surface area contributed by atoms with Gasteiger partial charge < -0.3 is 11.1 Å². The first-order valence-corrected chi connectivity index (χ1v) is 5.82. The largest absolute Gasteiger partial charge is 0.383 e. The number of hydrogen-bond acceptors (Lipinski definition) is 5. The summed E-state index contributed by atoms with van der Waals surface area (Å²) in [5.74, 6) is -0.430. The molecule has 2 rings (SSSR count). The highest BCUT2D eigenvalue weighted by atomic mass is 35.5. The Hall–Kier alpha value is -2.67. The standard InChI is InChI=1S/C12H9ClN4O3/c13-9-4-3-7(6-10(9)17(19)20)16-12(18)8-2-1-5-15-11(8)14/h1-6H,(H2,14,15)(H,16,18). The second kappa shape index (κ2) is 5.54. The van der Waals surface area contributed by atoms with Crippen LogP contribution in [-0.2, 0) is 0 Å². The van der Waals surface area contributed by atoms with Gasteiger partial charge in [0.15, 0.2) is 0 Å². The number of nitrogens with zero attached hydrogens (tertiary/aromatic N) is 2. The van der Waals surface area contributed by atoms with Gasteiger partial charge in [0.2, 0.25) is 0 Å².